The molecule has 0 aromatic heterocycles. The molecule has 9 nitrogen and oxygen atoms in total. The molecule has 0 radical (unpaired) electrons. The molecule has 2 aliphatic heterocycles. The highest BCUT2D eigenvalue weighted by atomic mass is 16.6. The molecule has 10 rings (SSSR count). The fourth-order valence-corrected chi connectivity index (χ4v) is 15.6. The normalized spacial score (nSPS) is 46.0. The predicted molar refractivity (Wildman–Crippen MR) is 215 cm³/mol. The van der Waals surface area contributed by atoms with Crippen LogP contribution in [0.15, 0.2) is 42.0 Å². The van der Waals surface area contributed by atoms with E-state index in [9.17, 15) is 35.1 Å². The van der Waals surface area contributed by atoms with Gasteiger partial charge in [-0.15, -0.1) is 0 Å². The van der Waals surface area contributed by atoms with E-state index in [0.717, 1.165) is 61.8 Å². The quantitative estimate of drug-likeness (QED) is 0.154. The maximum atomic E-state index is 14.5. The highest BCUT2D eigenvalue weighted by Gasteiger charge is 2.76. The lowest BCUT2D eigenvalue weighted by Gasteiger charge is -2.66. The van der Waals surface area contributed by atoms with Gasteiger partial charge in [-0.05, 0) is 141 Å². The number of epoxide rings is 1. The second kappa shape index (κ2) is 13.2. The standard InChI is InChI=1S/C48H65NO8/c1-27(2)28(3)41-42(57-41)47(55)16-7-9-30-23-34-35(25-36(51)39-33-10-8-15-45(34,39)26-37(52)40(33)53)48(56)18-12-38(47)46(30,48)17-11-29-21-31(24-32(50)22-29)49-20-19-44(43(49)54)13-5-4-6-14-44/h7,9,21-22,24-25,27-28,30,33-34,37-42,50,52-53,55-56H,4-6,8,10-20,23,26H2,1-3H3/t28-,30-,33-,34+,37+,38+,39+,40-,41+,42-,45-,46-,47-,48-/m1/s1. The number of aromatic hydroxyl groups is 1. The molecule has 7 fully saturated rings. The molecule has 2 bridgehead atoms. The van der Waals surface area contributed by atoms with Crippen molar-refractivity contribution in [2.75, 3.05) is 11.4 Å². The van der Waals surface area contributed by atoms with E-state index < -0.39 is 34.2 Å². The highest BCUT2D eigenvalue weighted by molar-refractivity contribution is 6.00. The third kappa shape index (κ3) is 5.29. The lowest BCUT2D eigenvalue weighted by atomic mass is 9.39. The Morgan fingerprint density at radius 2 is 1.74 bits per heavy atom. The monoisotopic (exact) mass is 783 g/mol. The first kappa shape index (κ1) is 38.6. The molecule has 7 aliphatic carbocycles. The molecule has 2 saturated heterocycles. The number of ether oxygens (including phenoxy) is 1. The number of nitrogens with zero attached hydrogens (tertiary/aromatic N) is 1. The number of ketones is 1. The van der Waals surface area contributed by atoms with Crippen LogP contribution in [0.4, 0.5) is 5.69 Å². The molecule has 9 heteroatoms. The number of carbonyl (C=O) groups excluding carboxylic acids is 2. The van der Waals surface area contributed by atoms with Gasteiger partial charge in [0.1, 0.15) is 17.5 Å². The van der Waals surface area contributed by atoms with E-state index in [1.54, 1.807) is 18.2 Å². The number of aliphatic hydroxyl groups excluding tert-OH is 2. The first-order valence-electron chi connectivity index (χ1n) is 22.7. The summed E-state index contributed by atoms with van der Waals surface area (Å²) < 4.78 is 6.47. The van der Waals surface area contributed by atoms with Gasteiger partial charge in [-0.25, -0.2) is 0 Å². The molecule has 14 atom stereocenters. The minimum absolute atomic E-state index is 0.0261. The summed E-state index contributed by atoms with van der Waals surface area (Å²) in [5.41, 5.74) is -1.90. The molecule has 2 heterocycles. The molecule has 1 amide bonds. The Labute approximate surface area is 337 Å². The largest absolute Gasteiger partial charge is 0.508 e. The van der Waals surface area contributed by atoms with Gasteiger partial charge in [0.05, 0.1) is 29.3 Å². The summed E-state index contributed by atoms with van der Waals surface area (Å²) in [6.07, 6.45) is 15.8. The van der Waals surface area contributed by atoms with E-state index in [4.69, 9.17) is 4.74 Å². The molecular formula is C48H65NO8. The Hall–Kier alpha value is -2.56. The lowest BCUT2D eigenvalue weighted by Crippen LogP contribution is -2.68. The first-order valence-corrected chi connectivity index (χ1v) is 22.7. The van der Waals surface area contributed by atoms with Crippen molar-refractivity contribution in [3.05, 3.63) is 47.6 Å². The number of rotatable bonds is 7. The number of hydrogen-bond donors (Lipinski definition) is 5. The van der Waals surface area contributed by atoms with Gasteiger partial charge in [0, 0.05) is 35.5 Å². The molecule has 310 valence electrons. The Kier molecular flexibility index (Phi) is 8.96. The van der Waals surface area contributed by atoms with Crippen molar-refractivity contribution in [2.24, 2.45) is 57.7 Å². The number of carbonyl (C=O) groups is 2. The van der Waals surface area contributed by atoms with Crippen LogP contribution >= 0.6 is 0 Å². The second-order valence-electron chi connectivity index (χ2n) is 21.1. The number of benzene rings is 1. The average Bonchev–Trinajstić information content (AvgIpc) is 3.87. The number of aryl methyl sites for hydroxylation is 1. The van der Waals surface area contributed by atoms with E-state index >= 15 is 0 Å². The van der Waals surface area contributed by atoms with Gasteiger partial charge in [-0.3, -0.25) is 9.59 Å². The summed E-state index contributed by atoms with van der Waals surface area (Å²) in [6, 6.07) is 5.55. The number of fused-ring (bicyclic) bond motifs is 2. The van der Waals surface area contributed by atoms with Crippen molar-refractivity contribution in [1.82, 2.24) is 0 Å². The van der Waals surface area contributed by atoms with Gasteiger partial charge in [-0.1, -0.05) is 58.6 Å². The van der Waals surface area contributed by atoms with E-state index in [1.165, 1.54) is 6.42 Å². The molecular weight excluding hydrogens is 719 g/mol. The summed E-state index contributed by atoms with van der Waals surface area (Å²) in [5.74, 6) is -0.339. The fraction of sp³-hybridized carbons (Fsp3) is 0.750. The Morgan fingerprint density at radius 1 is 0.947 bits per heavy atom. The molecule has 57 heavy (non-hydrogen) atoms. The van der Waals surface area contributed by atoms with Crippen molar-refractivity contribution in [2.45, 2.75) is 159 Å². The fourth-order valence-electron chi connectivity index (χ4n) is 15.6. The van der Waals surface area contributed by atoms with Crippen LogP contribution in [0, 0.1) is 57.7 Å². The van der Waals surface area contributed by atoms with Gasteiger partial charge in [0.25, 0.3) is 0 Å². The molecule has 0 unspecified atom stereocenters. The summed E-state index contributed by atoms with van der Waals surface area (Å²) in [7, 11) is 0. The van der Waals surface area contributed by atoms with Crippen LogP contribution in [0.25, 0.3) is 0 Å². The lowest BCUT2D eigenvalue weighted by molar-refractivity contribution is -0.202. The van der Waals surface area contributed by atoms with E-state index in [0.29, 0.717) is 63.8 Å². The van der Waals surface area contributed by atoms with E-state index in [2.05, 4.69) is 39.0 Å². The molecule has 9 aliphatic rings. The zero-order valence-corrected chi connectivity index (χ0v) is 34.2. The van der Waals surface area contributed by atoms with Crippen molar-refractivity contribution >= 4 is 17.4 Å². The zero-order chi connectivity index (χ0) is 39.9. The van der Waals surface area contributed by atoms with Crippen LogP contribution in [0.3, 0.4) is 0 Å². The van der Waals surface area contributed by atoms with Gasteiger partial charge >= 0.3 is 0 Å². The van der Waals surface area contributed by atoms with Crippen LogP contribution in [0.1, 0.15) is 123 Å². The summed E-state index contributed by atoms with van der Waals surface area (Å²) in [5, 5.41) is 60.7. The summed E-state index contributed by atoms with van der Waals surface area (Å²) in [6.45, 7) is 7.22. The number of hydrogen-bond acceptors (Lipinski definition) is 8. The highest BCUT2D eigenvalue weighted by Crippen LogP contribution is 2.75. The van der Waals surface area contributed by atoms with Gasteiger partial charge < -0.3 is 35.2 Å². The van der Waals surface area contributed by atoms with Crippen LogP contribution in [0.5, 0.6) is 5.75 Å². The zero-order valence-electron chi connectivity index (χ0n) is 34.2. The van der Waals surface area contributed by atoms with Crippen molar-refractivity contribution in [1.29, 1.82) is 0 Å². The van der Waals surface area contributed by atoms with Crippen molar-refractivity contribution < 1.29 is 39.9 Å². The van der Waals surface area contributed by atoms with Crippen LogP contribution < -0.4 is 4.90 Å². The summed E-state index contributed by atoms with van der Waals surface area (Å²) in [4.78, 5) is 30.4. The van der Waals surface area contributed by atoms with Gasteiger partial charge in [0.2, 0.25) is 5.91 Å². The molecule has 5 saturated carbocycles. The number of anilines is 1. The maximum Gasteiger partial charge on any atom is 0.233 e. The van der Waals surface area contributed by atoms with Crippen LogP contribution in [-0.4, -0.2) is 79.4 Å². The van der Waals surface area contributed by atoms with Crippen LogP contribution in [0.2, 0.25) is 0 Å². The Bertz CT molecular complexity index is 1880. The number of amides is 1. The Morgan fingerprint density at radius 3 is 2.51 bits per heavy atom. The van der Waals surface area contributed by atoms with Gasteiger partial charge in [0.15, 0.2) is 5.78 Å². The topological polar surface area (TPSA) is 151 Å². The SMILES string of the molecule is CC(C)[C@@H](C)[C@@H]1O[C@H]1[C@@]1(O)CC=C[C@@H]2C[C@H]3C(=CC(=O)[C@@H]4[C@H]5CCC[C@]43C[C@H](O)[C@@H]5O)[C@]3(O)CC[C@H]1[C@@]23CCc1cc(O)cc(N2CCC3(CCCCC3)C2=O)c1. The molecule has 1 aromatic rings. The summed E-state index contributed by atoms with van der Waals surface area (Å²) >= 11 is 0. The first-order chi connectivity index (χ1) is 27.2. The third-order valence-electron chi connectivity index (χ3n) is 18.6. The van der Waals surface area contributed by atoms with Gasteiger partial charge in [-0.2, -0.15) is 0 Å². The minimum Gasteiger partial charge on any atom is -0.508 e. The predicted octanol–water partition coefficient (Wildman–Crippen LogP) is 6.56. The number of aliphatic hydroxyl groups is 4. The van der Waals surface area contributed by atoms with Crippen molar-refractivity contribution in [3.63, 3.8) is 0 Å². The maximum absolute atomic E-state index is 14.5. The smallest absolute Gasteiger partial charge is 0.233 e. The van der Waals surface area contributed by atoms with E-state index in [-0.39, 0.29) is 70.6 Å². The minimum atomic E-state index is -1.40. The second-order valence-corrected chi connectivity index (χ2v) is 21.1. The molecule has 1 aromatic carbocycles. The van der Waals surface area contributed by atoms with Crippen LogP contribution in [-0.2, 0) is 20.7 Å². The number of phenolic OH excluding ortho intramolecular Hbond substituents is 1. The van der Waals surface area contributed by atoms with Crippen molar-refractivity contribution in [3.8, 4) is 5.75 Å². The third-order valence-corrected chi connectivity index (χ3v) is 18.6. The number of allylic oxidation sites excluding steroid dienone is 2. The van der Waals surface area contributed by atoms with E-state index in [1.807, 2.05) is 4.90 Å². The Balaban J connectivity index is 1.05. The average molecular weight is 784 g/mol. The number of phenols is 1. The molecule has 5 N–H and O–H groups in total. The molecule has 1 spiro atoms.